The van der Waals surface area contributed by atoms with Gasteiger partial charge in [0.05, 0.1) is 17.4 Å². The Labute approximate surface area is 152 Å². The smallest absolute Gasteiger partial charge is 0.126 e. The number of aliphatic hydroxyl groups is 1. The van der Waals surface area contributed by atoms with E-state index < -0.39 is 5.60 Å². The Bertz CT molecular complexity index is 931. The van der Waals surface area contributed by atoms with Crippen molar-refractivity contribution < 1.29 is 10.2 Å². The van der Waals surface area contributed by atoms with Crippen LogP contribution in [0.3, 0.4) is 0 Å². The number of hydrogen-bond acceptors (Lipinski definition) is 4. The van der Waals surface area contributed by atoms with Gasteiger partial charge in [-0.2, -0.15) is 0 Å². The van der Waals surface area contributed by atoms with Gasteiger partial charge in [0, 0.05) is 22.3 Å². The number of rotatable bonds is 4. The molecule has 0 atom stereocenters. The second-order valence-electron chi connectivity index (χ2n) is 6.87. The van der Waals surface area contributed by atoms with Gasteiger partial charge in [-0.1, -0.05) is 30.2 Å². The molecule has 0 bridgehead atoms. The third kappa shape index (κ3) is 3.46. The van der Waals surface area contributed by atoms with Crippen LogP contribution in [0.2, 0.25) is 0 Å². The van der Waals surface area contributed by atoms with Gasteiger partial charge in [0.15, 0.2) is 0 Å². The Morgan fingerprint density at radius 3 is 2.46 bits per heavy atom. The number of amidine groups is 1. The minimum absolute atomic E-state index is 0.0180. The topological polar surface area (TPSA) is 103 Å². The summed E-state index contributed by atoms with van der Waals surface area (Å²) in [4.78, 5) is 4.48. The second kappa shape index (κ2) is 6.66. The summed E-state index contributed by atoms with van der Waals surface area (Å²) in [6.07, 6.45) is 6.48. The van der Waals surface area contributed by atoms with E-state index in [2.05, 4.69) is 10.9 Å². The summed E-state index contributed by atoms with van der Waals surface area (Å²) in [5.41, 5.74) is 7.76. The van der Waals surface area contributed by atoms with Gasteiger partial charge < -0.3 is 15.9 Å². The first-order valence-electron chi connectivity index (χ1n) is 8.35. The number of phenols is 1. The lowest BCUT2D eigenvalue weighted by atomic mass is 9.77. The van der Waals surface area contributed by atoms with E-state index >= 15 is 0 Å². The molecule has 0 spiro atoms. The molecule has 0 radical (unpaired) electrons. The summed E-state index contributed by atoms with van der Waals surface area (Å²) < 4.78 is 0. The van der Waals surface area contributed by atoms with Crippen LogP contribution in [-0.4, -0.2) is 33.4 Å². The first-order chi connectivity index (χ1) is 12.3. The average Bonchev–Trinajstić information content (AvgIpc) is 2.59. The Kier molecular flexibility index (Phi) is 4.54. The fourth-order valence-electron chi connectivity index (χ4n) is 3.22. The van der Waals surface area contributed by atoms with Crippen molar-refractivity contribution in [2.45, 2.75) is 31.4 Å². The molecule has 1 aliphatic rings. The predicted octanol–water partition coefficient (Wildman–Crippen LogP) is 2.41. The Morgan fingerprint density at radius 1 is 1.23 bits per heavy atom. The van der Waals surface area contributed by atoms with Gasteiger partial charge in [0.2, 0.25) is 0 Å². The Balaban J connectivity index is 1.93. The zero-order chi connectivity index (χ0) is 18.9. The van der Waals surface area contributed by atoms with Crippen LogP contribution in [0, 0.1) is 17.8 Å². The molecule has 0 amide bonds. The molecule has 0 saturated heterocycles. The van der Waals surface area contributed by atoms with Gasteiger partial charge in [-0.25, -0.2) is 0 Å². The third-order valence-electron chi connectivity index (χ3n) is 4.58. The van der Waals surface area contributed by atoms with Crippen LogP contribution < -0.4 is 5.73 Å². The van der Waals surface area contributed by atoms with Gasteiger partial charge in [-0.15, -0.1) is 6.42 Å². The SMILES string of the molecule is C#Cc1ccc(C(=N)c2ccccc2C(N)=NC2CC(C)(O)C2)c(O)c1. The van der Waals surface area contributed by atoms with Gasteiger partial charge in [-0.3, -0.25) is 10.4 Å². The minimum Gasteiger partial charge on any atom is -0.507 e. The highest BCUT2D eigenvalue weighted by Gasteiger charge is 2.38. The predicted molar refractivity (Wildman–Crippen MR) is 103 cm³/mol. The molecule has 2 aromatic carbocycles. The zero-order valence-corrected chi connectivity index (χ0v) is 14.5. The monoisotopic (exact) mass is 347 g/mol. The van der Waals surface area contributed by atoms with Crippen LogP contribution in [0.5, 0.6) is 5.75 Å². The van der Waals surface area contributed by atoms with E-state index in [-0.39, 0.29) is 17.5 Å². The molecule has 0 aliphatic heterocycles. The molecule has 1 saturated carbocycles. The number of aromatic hydroxyl groups is 1. The summed E-state index contributed by atoms with van der Waals surface area (Å²) >= 11 is 0. The lowest BCUT2D eigenvalue weighted by Gasteiger charge is -2.38. The molecule has 1 fully saturated rings. The van der Waals surface area contributed by atoms with Gasteiger partial charge in [0.25, 0.3) is 0 Å². The van der Waals surface area contributed by atoms with Crippen molar-refractivity contribution in [2.24, 2.45) is 10.7 Å². The summed E-state index contributed by atoms with van der Waals surface area (Å²) in [6, 6.07) is 11.9. The molecule has 0 unspecified atom stereocenters. The minimum atomic E-state index is -0.675. The molecule has 1 aliphatic carbocycles. The molecule has 26 heavy (non-hydrogen) atoms. The summed E-state index contributed by atoms with van der Waals surface area (Å²) in [5.74, 6) is 2.73. The van der Waals surface area contributed by atoms with Crippen LogP contribution in [-0.2, 0) is 0 Å². The molecule has 3 rings (SSSR count). The lowest BCUT2D eigenvalue weighted by Crippen LogP contribution is -2.44. The summed E-state index contributed by atoms with van der Waals surface area (Å²) in [7, 11) is 0. The van der Waals surface area contributed by atoms with E-state index in [1.165, 1.54) is 6.07 Å². The number of nitrogens with two attached hydrogens (primary N) is 1. The fraction of sp³-hybridized carbons (Fsp3) is 0.238. The van der Waals surface area contributed by atoms with Crippen LogP contribution in [0.15, 0.2) is 47.5 Å². The van der Waals surface area contributed by atoms with Gasteiger partial charge >= 0.3 is 0 Å². The molecule has 0 heterocycles. The number of phenolic OH excluding ortho intramolecular Hbond substituents is 1. The summed E-state index contributed by atoms with van der Waals surface area (Å²) in [5, 5.41) is 28.6. The van der Waals surface area contributed by atoms with E-state index in [4.69, 9.17) is 17.6 Å². The van der Waals surface area contributed by atoms with Crippen molar-refractivity contribution in [2.75, 3.05) is 0 Å². The number of aliphatic imine (C=N–C) groups is 1. The van der Waals surface area contributed by atoms with Crippen LogP contribution in [0.25, 0.3) is 0 Å². The van der Waals surface area contributed by atoms with Gasteiger partial charge in [0.1, 0.15) is 11.6 Å². The molecular formula is C21H21N3O2. The highest BCUT2D eigenvalue weighted by atomic mass is 16.3. The highest BCUT2D eigenvalue weighted by Crippen LogP contribution is 2.34. The normalized spacial score (nSPS) is 22.3. The third-order valence-corrected chi connectivity index (χ3v) is 4.58. The Morgan fingerprint density at radius 2 is 1.88 bits per heavy atom. The van der Waals surface area contributed by atoms with Crippen LogP contribution >= 0.6 is 0 Å². The zero-order valence-electron chi connectivity index (χ0n) is 14.5. The quantitative estimate of drug-likeness (QED) is 0.388. The van der Waals surface area contributed by atoms with E-state index in [0.29, 0.717) is 40.9 Å². The van der Waals surface area contributed by atoms with E-state index in [1.54, 1.807) is 31.2 Å². The molecule has 5 heteroatoms. The summed E-state index contributed by atoms with van der Waals surface area (Å²) in [6.45, 7) is 1.78. The maximum absolute atomic E-state index is 10.2. The fourth-order valence-corrected chi connectivity index (χ4v) is 3.22. The van der Waals surface area contributed by atoms with Crippen molar-refractivity contribution in [1.29, 1.82) is 5.41 Å². The largest absolute Gasteiger partial charge is 0.507 e. The molecule has 5 N–H and O–H groups in total. The van der Waals surface area contributed by atoms with E-state index in [9.17, 15) is 10.2 Å². The molecule has 2 aromatic rings. The number of nitrogens with one attached hydrogen (secondary N) is 1. The molecular weight excluding hydrogens is 326 g/mol. The number of hydrogen-bond donors (Lipinski definition) is 4. The molecule has 5 nitrogen and oxygen atoms in total. The van der Waals surface area contributed by atoms with Crippen molar-refractivity contribution >= 4 is 11.5 Å². The maximum Gasteiger partial charge on any atom is 0.126 e. The molecule has 132 valence electrons. The lowest BCUT2D eigenvalue weighted by molar-refractivity contribution is -0.0280. The van der Waals surface area contributed by atoms with E-state index in [1.807, 2.05) is 12.1 Å². The van der Waals surface area contributed by atoms with Crippen molar-refractivity contribution in [1.82, 2.24) is 0 Å². The van der Waals surface area contributed by atoms with Crippen molar-refractivity contribution in [3.05, 3.63) is 64.7 Å². The first kappa shape index (κ1) is 17.7. The maximum atomic E-state index is 10.2. The second-order valence-corrected chi connectivity index (χ2v) is 6.87. The highest BCUT2D eigenvalue weighted by molar-refractivity contribution is 6.18. The van der Waals surface area contributed by atoms with Crippen molar-refractivity contribution in [3.63, 3.8) is 0 Å². The Hall–Kier alpha value is -3.10. The standard InChI is InChI=1S/C21H21N3O2/c1-3-13-8-9-17(18(25)10-13)19(22)15-6-4-5-7-16(15)20(23)24-14-11-21(2,26)12-14/h1,4-10,14,22,25-26H,11-12H2,2H3,(H2,23,24). The first-order valence-corrected chi connectivity index (χ1v) is 8.35. The van der Waals surface area contributed by atoms with Crippen molar-refractivity contribution in [3.8, 4) is 18.1 Å². The average molecular weight is 347 g/mol. The van der Waals surface area contributed by atoms with Crippen LogP contribution in [0.1, 0.15) is 42.0 Å². The number of benzene rings is 2. The molecule has 0 aromatic heterocycles. The van der Waals surface area contributed by atoms with Crippen LogP contribution in [0.4, 0.5) is 0 Å². The number of terminal acetylenes is 1. The van der Waals surface area contributed by atoms with E-state index in [0.717, 1.165) is 0 Å². The van der Waals surface area contributed by atoms with Gasteiger partial charge in [-0.05, 0) is 38.0 Å². The number of nitrogens with zero attached hydrogens (tertiary/aromatic N) is 1.